The molecule has 1 aromatic rings. The van der Waals surface area contributed by atoms with Gasteiger partial charge in [0.05, 0.1) is 17.7 Å². The van der Waals surface area contributed by atoms with E-state index in [0.717, 1.165) is 12.1 Å². The fourth-order valence-corrected chi connectivity index (χ4v) is 2.17. The Morgan fingerprint density at radius 2 is 1.95 bits per heavy atom. The number of hydrogen-bond acceptors (Lipinski definition) is 2. The van der Waals surface area contributed by atoms with Crippen LogP contribution >= 0.6 is 28.3 Å². The summed E-state index contributed by atoms with van der Waals surface area (Å²) in [6, 6.07) is 2.43. The number of aliphatic hydroxyl groups is 1. The quantitative estimate of drug-likeness (QED) is 0.849. The summed E-state index contributed by atoms with van der Waals surface area (Å²) in [5.74, 6) is 0. The second-order valence-corrected chi connectivity index (χ2v) is 4.97. The number of benzene rings is 1. The van der Waals surface area contributed by atoms with Gasteiger partial charge in [0.25, 0.3) is 0 Å². The van der Waals surface area contributed by atoms with Gasteiger partial charge >= 0.3 is 6.18 Å². The van der Waals surface area contributed by atoms with Gasteiger partial charge in [0.2, 0.25) is 0 Å². The Morgan fingerprint density at radius 1 is 1.37 bits per heavy atom. The fourth-order valence-electron chi connectivity index (χ4n) is 1.66. The summed E-state index contributed by atoms with van der Waals surface area (Å²) in [6.07, 6.45) is -4.10. The van der Waals surface area contributed by atoms with Crippen molar-refractivity contribution in [3.8, 4) is 0 Å². The van der Waals surface area contributed by atoms with Crippen molar-refractivity contribution in [2.75, 3.05) is 0 Å². The number of rotatable bonds is 4. The van der Waals surface area contributed by atoms with Crippen molar-refractivity contribution in [1.82, 2.24) is 0 Å². The predicted octanol–water partition coefficient (Wildman–Crippen LogP) is 4.05. The Balaban J connectivity index is 0.00000324. The molecule has 1 aromatic carbocycles. The molecule has 0 aliphatic rings. The first-order chi connectivity index (χ1) is 8.27. The van der Waals surface area contributed by atoms with E-state index in [1.807, 2.05) is 6.92 Å². The van der Waals surface area contributed by atoms with Crippen molar-refractivity contribution in [3.63, 3.8) is 0 Å². The van der Waals surface area contributed by atoms with Crippen LogP contribution in [0.3, 0.4) is 0 Å². The van der Waals surface area contributed by atoms with Crippen LogP contribution in [-0.2, 0) is 6.18 Å². The lowest BCUT2D eigenvalue weighted by molar-refractivity contribution is -0.137. The van der Waals surface area contributed by atoms with E-state index in [1.165, 1.54) is 6.07 Å². The summed E-state index contributed by atoms with van der Waals surface area (Å²) < 4.78 is 38.3. The molecule has 0 saturated heterocycles. The molecule has 110 valence electrons. The van der Waals surface area contributed by atoms with Gasteiger partial charge in [-0.15, -0.1) is 12.4 Å². The zero-order chi connectivity index (χ0) is 13.9. The monoisotopic (exact) mass is 361 g/mol. The lowest BCUT2D eigenvalue weighted by Gasteiger charge is -2.21. The first-order valence-corrected chi connectivity index (χ1v) is 6.37. The van der Waals surface area contributed by atoms with Gasteiger partial charge in [0.1, 0.15) is 0 Å². The third-order valence-electron chi connectivity index (χ3n) is 2.68. The molecule has 0 amide bonds. The third-order valence-corrected chi connectivity index (χ3v) is 3.40. The second-order valence-electron chi connectivity index (χ2n) is 4.12. The van der Waals surface area contributed by atoms with Crippen molar-refractivity contribution in [3.05, 3.63) is 33.8 Å². The minimum Gasteiger partial charge on any atom is -0.391 e. The summed E-state index contributed by atoms with van der Waals surface area (Å²) in [4.78, 5) is 0. The zero-order valence-corrected chi connectivity index (χ0v) is 12.6. The molecule has 0 radical (unpaired) electrons. The Labute approximate surface area is 124 Å². The van der Waals surface area contributed by atoms with Crippen LogP contribution in [0, 0.1) is 0 Å². The fraction of sp³-hybridized carbons (Fsp3) is 0.500. The Bertz CT molecular complexity index is 414. The molecule has 0 aliphatic carbocycles. The highest BCUT2D eigenvalue weighted by atomic mass is 79.9. The second kappa shape index (κ2) is 7.47. The zero-order valence-electron chi connectivity index (χ0n) is 10.2. The van der Waals surface area contributed by atoms with E-state index in [4.69, 9.17) is 5.73 Å². The highest BCUT2D eigenvalue weighted by molar-refractivity contribution is 9.10. The predicted molar refractivity (Wildman–Crippen MR) is 74.2 cm³/mol. The average Bonchev–Trinajstić information content (AvgIpc) is 2.27. The van der Waals surface area contributed by atoms with Crippen LogP contribution in [0.25, 0.3) is 0 Å². The van der Waals surface area contributed by atoms with Gasteiger partial charge in [0, 0.05) is 4.47 Å². The van der Waals surface area contributed by atoms with Gasteiger partial charge < -0.3 is 10.8 Å². The van der Waals surface area contributed by atoms with Crippen molar-refractivity contribution in [2.24, 2.45) is 5.73 Å². The third kappa shape index (κ3) is 4.95. The van der Waals surface area contributed by atoms with Crippen LogP contribution < -0.4 is 5.73 Å². The molecule has 3 N–H and O–H groups in total. The standard InChI is InChI=1S/C12H15BrF3NO.ClH/c1-2-3-10(18)11(17)8-6-7(12(14,15)16)4-5-9(8)13;/h4-6,10-11,18H,2-3,17H2,1H3;1H/t10-,11+;/m1./s1. The topological polar surface area (TPSA) is 46.2 Å². The minimum atomic E-state index is -4.41. The molecule has 0 unspecified atom stereocenters. The van der Waals surface area contributed by atoms with Crippen LogP contribution in [0.4, 0.5) is 13.2 Å². The number of halogens is 5. The molecule has 1 rings (SSSR count). The summed E-state index contributed by atoms with van der Waals surface area (Å²) >= 11 is 3.16. The number of hydrogen-bond donors (Lipinski definition) is 2. The van der Waals surface area contributed by atoms with Crippen molar-refractivity contribution in [2.45, 2.75) is 38.1 Å². The van der Waals surface area contributed by atoms with Gasteiger partial charge in [-0.2, -0.15) is 13.2 Å². The molecule has 0 aliphatic heterocycles. The Morgan fingerprint density at radius 3 is 2.42 bits per heavy atom. The molecule has 0 fully saturated rings. The normalized spacial score (nSPS) is 14.7. The average molecular weight is 363 g/mol. The van der Waals surface area contributed by atoms with E-state index < -0.39 is 23.9 Å². The van der Waals surface area contributed by atoms with E-state index in [1.54, 1.807) is 0 Å². The largest absolute Gasteiger partial charge is 0.416 e. The Kier molecular flexibility index (Phi) is 7.36. The number of nitrogens with two attached hydrogens (primary N) is 1. The van der Waals surface area contributed by atoms with E-state index in [-0.39, 0.29) is 18.0 Å². The summed E-state index contributed by atoms with van der Waals surface area (Å²) in [5, 5.41) is 9.76. The maximum absolute atomic E-state index is 12.6. The van der Waals surface area contributed by atoms with Crippen LogP contribution in [0.1, 0.15) is 36.9 Å². The van der Waals surface area contributed by atoms with E-state index >= 15 is 0 Å². The summed E-state index contributed by atoms with van der Waals surface area (Å²) in [5.41, 5.74) is 5.30. The van der Waals surface area contributed by atoms with Crippen molar-refractivity contribution >= 4 is 28.3 Å². The lowest BCUT2D eigenvalue weighted by Crippen LogP contribution is -2.26. The molecule has 0 saturated carbocycles. The van der Waals surface area contributed by atoms with E-state index in [2.05, 4.69) is 15.9 Å². The molecule has 0 aromatic heterocycles. The molecule has 0 bridgehead atoms. The highest BCUT2D eigenvalue weighted by Gasteiger charge is 2.32. The number of aliphatic hydroxyl groups excluding tert-OH is 1. The molecule has 2 nitrogen and oxygen atoms in total. The molecule has 0 heterocycles. The van der Waals surface area contributed by atoms with Crippen LogP contribution in [0.5, 0.6) is 0 Å². The molecule has 7 heteroatoms. The van der Waals surface area contributed by atoms with E-state index in [9.17, 15) is 18.3 Å². The van der Waals surface area contributed by atoms with Gasteiger partial charge in [-0.1, -0.05) is 29.3 Å². The first-order valence-electron chi connectivity index (χ1n) is 5.57. The SMILES string of the molecule is CCC[C@@H](O)[C@@H](N)c1cc(C(F)(F)F)ccc1Br.Cl. The maximum Gasteiger partial charge on any atom is 0.416 e. The number of alkyl halides is 3. The lowest BCUT2D eigenvalue weighted by atomic mass is 9.97. The first kappa shape index (κ1) is 18.7. The molecular weight excluding hydrogens is 346 g/mol. The van der Waals surface area contributed by atoms with Crippen LogP contribution in [-0.4, -0.2) is 11.2 Å². The van der Waals surface area contributed by atoms with Crippen LogP contribution in [0.2, 0.25) is 0 Å². The highest BCUT2D eigenvalue weighted by Crippen LogP contribution is 2.34. The Hall–Kier alpha value is -0.300. The van der Waals surface area contributed by atoms with E-state index in [0.29, 0.717) is 17.3 Å². The maximum atomic E-state index is 12.6. The summed E-state index contributed by atoms with van der Waals surface area (Å²) in [6.45, 7) is 1.87. The van der Waals surface area contributed by atoms with Crippen molar-refractivity contribution in [1.29, 1.82) is 0 Å². The molecule has 2 atom stereocenters. The summed E-state index contributed by atoms with van der Waals surface area (Å²) in [7, 11) is 0. The molecule has 19 heavy (non-hydrogen) atoms. The molecule has 0 spiro atoms. The van der Waals surface area contributed by atoms with Gasteiger partial charge in [-0.05, 0) is 30.2 Å². The minimum absolute atomic E-state index is 0. The molecular formula is C12H16BrClF3NO. The van der Waals surface area contributed by atoms with Crippen molar-refractivity contribution < 1.29 is 18.3 Å². The van der Waals surface area contributed by atoms with Crippen LogP contribution in [0.15, 0.2) is 22.7 Å². The smallest absolute Gasteiger partial charge is 0.391 e. The van der Waals surface area contributed by atoms with Gasteiger partial charge in [-0.3, -0.25) is 0 Å². The van der Waals surface area contributed by atoms with Gasteiger partial charge in [-0.25, -0.2) is 0 Å². The van der Waals surface area contributed by atoms with Gasteiger partial charge in [0.15, 0.2) is 0 Å².